The van der Waals surface area contributed by atoms with Gasteiger partial charge >= 0.3 is 0 Å². The molecule has 4 amide bonds. The molecule has 0 aliphatic carbocycles. The van der Waals surface area contributed by atoms with E-state index in [4.69, 9.17) is 28.9 Å². The van der Waals surface area contributed by atoms with Crippen molar-refractivity contribution in [2.75, 3.05) is 69.2 Å². The van der Waals surface area contributed by atoms with Gasteiger partial charge in [0, 0.05) is 52.2 Å². The van der Waals surface area contributed by atoms with Gasteiger partial charge in [-0.2, -0.15) is 0 Å². The third-order valence-electron chi connectivity index (χ3n) is 9.60. The maximum absolute atomic E-state index is 12.5. The number of ether oxygens (including phenoxy) is 5. The van der Waals surface area contributed by atoms with E-state index in [0.717, 1.165) is 27.4 Å². The molecule has 3 heterocycles. The third kappa shape index (κ3) is 18.7. The van der Waals surface area contributed by atoms with E-state index in [2.05, 4.69) is 41.2 Å². The van der Waals surface area contributed by atoms with Crippen LogP contribution in [0, 0.1) is 13.8 Å². The quantitative estimate of drug-likeness (QED) is 0.0133. The van der Waals surface area contributed by atoms with E-state index < -0.39 is 5.91 Å². The normalized spacial score (nSPS) is 11.0. The van der Waals surface area contributed by atoms with Crippen LogP contribution in [-0.4, -0.2) is 117 Å². The van der Waals surface area contributed by atoms with Gasteiger partial charge in [0.25, 0.3) is 11.8 Å². The van der Waals surface area contributed by atoms with Gasteiger partial charge in [-0.15, -0.1) is 16.4 Å². The minimum absolute atomic E-state index is 0.155. The summed E-state index contributed by atoms with van der Waals surface area (Å²) in [7, 11) is 0. The van der Waals surface area contributed by atoms with Crippen molar-refractivity contribution in [2.24, 2.45) is 0 Å². The van der Waals surface area contributed by atoms with E-state index in [9.17, 15) is 19.2 Å². The summed E-state index contributed by atoms with van der Waals surface area (Å²) in [6.07, 6.45) is 4.38. The Kier molecular flexibility index (Phi) is 21.0. The number of nitrogens with one attached hydrogen (secondary N) is 4. The maximum Gasteiger partial charge on any atom is 0.274 e. The first-order chi connectivity index (χ1) is 33.6. The Morgan fingerprint density at radius 3 is 2.12 bits per heavy atom. The fourth-order valence-corrected chi connectivity index (χ4v) is 7.86. The standard InChI is InChI=1S/C47H54N10O10S2/c1-32-24-33(2)51-47(50-32)68-31-43(59)53-46-49-28-41(69-46)26-35-4-3-5-40(25-35)67-30-39-29-57(56-54-39)15-17-64-19-21-66-23-22-65-20-18-63-16-14-42(58)52-38-12-10-36(11-13-38)44(60)48-27-34-6-8-37(9-7-34)45(61)55-62/h3-13,24-25,28-29,62H,14-23,26-27,30-31H2,1-2H3,(H,48,60)(H,52,58)(H,55,61)(H,49,53,59). The van der Waals surface area contributed by atoms with Crippen molar-refractivity contribution < 1.29 is 48.1 Å². The molecule has 22 heteroatoms. The first-order valence-electron chi connectivity index (χ1n) is 21.9. The van der Waals surface area contributed by atoms with Crippen molar-refractivity contribution in [2.45, 2.75) is 51.5 Å². The van der Waals surface area contributed by atoms with Crippen LogP contribution in [0.2, 0.25) is 0 Å². The van der Waals surface area contributed by atoms with Gasteiger partial charge in [0.05, 0.1) is 77.8 Å². The molecular formula is C47H54N10O10S2. The summed E-state index contributed by atoms with van der Waals surface area (Å²) in [4.78, 5) is 62.9. The zero-order valence-electron chi connectivity index (χ0n) is 38.2. The average Bonchev–Trinajstić information content (AvgIpc) is 4.00. The molecule has 0 bridgehead atoms. The summed E-state index contributed by atoms with van der Waals surface area (Å²) < 4.78 is 30.0. The molecule has 0 saturated heterocycles. The minimum atomic E-state index is -0.617. The lowest BCUT2D eigenvalue weighted by Crippen LogP contribution is -2.23. The second-order valence-electron chi connectivity index (χ2n) is 15.1. The average molecular weight is 983 g/mol. The number of thiazole rings is 1. The number of hydrogen-bond acceptors (Lipinski definition) is 17. The lowest BCUT2D eigenvalue weighted by Gasteiger charge is -2.09. The molecule has 6 aromatic rings. The molecule has 3 aromatic carbocycles. The summed E-state index contributed by atoms with van der Waals surface area (Å²) in [6, 6.07) is 22.7. The number of rotatable bonds is 29. The zero-order chi connectivity index (χ0) is 48.6. The molecule has 0 atom stereocenters. The molecular weight excluding hydrogens is 929 g/mol. The molecule has 3 aromatic heterocycles. The highest BCUT2D eigenvalue weighted by molar-refractivity contribution is 7.99. The topological polar surface area (TPSA) is 252 Å². The molecule has 0 radical (unpaired) electrons. The van der Waals surface area contributed by atoms with Crippen molar-refractivity contribution in [1.29, 1.82) is 0 Å². The Morgan fingerprint density at radius 1 is 0.739 bits per heavy atom. The van der Waals surface area contributed by atoms with Gasteiger partial charge in [-0.25, -0.2) is 25.1 Å². The molecule has 0 aliphatic heterocycles. The number of thioether (sulfide) groups is 1. The number of amides is 4. The first kappa shape index (κ1) is 51.7. The minimum Gasteiger partial charge on any atom is -0.487 e. The van der Waals surface area contributed by atoms with Crippen molar-refractivity contribution in [3.05, 3.63) is 135 Å². The third-order valence-corrected chi connectivity index (χ3v) is 11.4. The van der Waals surface area contributed by atoms with Gasteiger partial charge in [-0.1, -0.05) is 41.2 Å². The highest BCUT2D eigenvalue weighted by atomic mass is 32.2. The van der Waals surface area contributed by atoms with E-state index in [1.54, 1.807) is 64.9 Å². The Morgan fingerprint density at radius 2 is 1.41 bits per heavy atom. The molecule has 0 unspecified atom stereocenters. The number of benzene rings is 3. The molecule has 0 saturated carbocycles. The van der Waals surface area contributed by atoms with E-state index in [1.165, 1.54) is 23.1 Å². The molecule has 0 spiro atoms. The van der Waals surface area contributed by atoms with Crippen LogP contribution in [0.4, 0.5) is 10.8 Å². The van der Waals surface area contributed by atoms with Crippen LogP contribution < -0.4 is 26.2 Å². The van der Waals surface area contributed by atoms with Crippen LogP contribution in [0.25, 0.3) is 0 Å². The predicted molar refractivity (Wildman–Crippen MR) is 256 cm³/mol. The lowest BCUT2D eigenvalue weighted by atomic mass is 10.1. The summed E-state index contributed by atoms with van der Waals surface area (Å²) in [6.45, 7) is 7.81. The van der Waals surface area contributed by atoms with E-state index >= 15 is 0 Å². The Balaban J connectivity index is 0.731. The number of hydroxylamine groups is 1. The van der Waals surface area contributed by atoms with Crippen LogP contribution in [0.5, 0.6) is 5.75 Å². The van der Waals surface area contributed by atoms with Crippen LogP contribution in [0.3, 0.4) is 0 Å². The molecule has 0 fully saturated rings. The number of nitrogens with zero attached hydrogens (tertiary/aromatic N) is 6. The zero-order valence-corrected chi connectivity index (χ0v) is 39.8. The molecule has 6 rings (SSSR count). The first-order valence-corrected chi connectivity index (χ1v) is 23.7. The summed E-state index contributed by atoms with van der Waals surface area (Å²) in [5.41, 5.74) is 7.08. The summed E-state index contributed by atoms with van der Waals surface area (Å²) in [5, 5.41) is 26.7. The van der Waals surface area contributed by atoms with Crippen molar-refractivity contribution in [1.82, 2.24) is 40.7 Å². The Bertz CT molecular complexity index is 2560. The molecule has 364 valence electrons. The number of anilines is 2. The van der Waals surface area contributed by atoms with Crippen molar-refractivity contribution in [3.8, 4) is 5.75 Å². The van der Waals surface area contributed by atoms with Crippen molar-refractivity contribution in [3.63, 3.8) is 0 Å². The maximum atomic E-state index is 12.5. The number of carbonyl (C=O) groups is 4. The van der Waals surface area contributed by atoms with E-state index in [-0.39, 0.29) is 49.7 Å². The van der Waals surface area contributed by atoms with Crippen LogP contribution in [0.1, 0.15) is 60.2 Å². The largest absolute Gasteiger partial charge is 0.487 e. The smallest absolute Gasteiger partial charge is 0.274 e. The predicted octanol–water partition coefficient (Wildman–Crippen LogP) is 5.19. The van der Waals surface area contributed by atoms with Crippen LogP contribution in [0.15, 0.2) is 96.4 Å². The van der Waals surface area contributed by atoms with Gasteiger partial charge in [0.15, 0.2) is 10.3 Å². The summed E-state index contributed by atoms with van der Waals surface area (Å²) in [5.74, 6) is -0.407. The van der Waals surface area contributed by atoms with Gasteiger partial charge in [-0.3, -0.25) is 24.4 Å². The van der Waals surface area contributed by atoms with Gasteiger partial charge in [0.1, 0.15) is 18.1 Å². The number of hydrogen-bond donors (Lipinski definition) is 5. The Labute approximate surface area is 406 Å². The lowest BCUT2D eigenvalue weighted by molar-refractivity contribution is -0.117. The Hall–Kier alpha value is -6.66. The van der Waals surface area contributed by atoms with E-state index in [0.29, 0.717) is 97.8 Å². The second kappa shape index (κ2) is 28.0. The van der Waals surface area contributed by atoms with Gasteiger partial charge < -0.3 is 39.6 Å². The van der Waals surface area contributed by atoms with Crippen molar-refractivity contribution >= 4 is 57.5 Å². The highest BCUT2D eigenvalue weighted by Gasteiger charge is 2.12. The summed E-state index contributed by atoms with van der Waals surface area (Å²) >= 11 is 2.72. The molecule has 20 nitrogen and oxygen atoms in total. The van der Waals surface area contributed by atoms with Gasteiger partial charge in [-0.05, 0) is 79.6 Å². The second-order valence-corrected chi connectivity index (χ2v) is 17.2. The number of aryl methyl sites for hydroxylation is 2. The highest BCUT2D eigenvalue weighted by Crippen LogP contribution is 2.24. The molecule has 0 aliphatic rings. The molecule has 5 N–H and O–H groups in total. The number of aromatic nitrogens is 6. The van der Waals surface area contributed by atoms with Crippen LogP contribution in [-0.2, 0) is 54.7 Å². The SMILES string of the molecule is Cc1cc(C)nc(SCC(=O)Nc2ncc(Cc3cccc(OCc4cn(CCOCCOCCOCCOCCC(=O)Nc5ccc(C(=O)NCc6ccc(C(=O)NO)cc6)cc5)nn4)c3)s2)n1. The molecule has 69 heavy (non-hydrogen) atoms. The fourth-order valence-electron chi connectivity index (χ4n) is 6.24. The number of carbonyl (C=O) groups excluding carboxylic acids is 4. The monoisotopic (exact) mass is 982 g/mol. The van der Waals surface area contributed by atoms with E-state index in [1.807, 2.05) is 50.4 Å². The fraction of sp³-hybridized carbons (Fsp3) is 0.340. The van der Waals surface area contributed by atoms with Gasteiger partial charge in [0.2, 0.25) is 11.8 Å². The van der Waals surface area contributed by atoms with Crippen LogP contribution >= 0.6 is 23.1 Å².